The molecule has 2 rings (SSSR count). The molecule has 1 aliphatic rings. The third-order valence-corrected chi connectivity index (χ3v) is 4.02. The van der Waals surface area contributed by atoms with Crippen molar-refractivity contribution in [3.8, 4) is 0 Å². The van der Waals surface area contributed by atoms with E-state index >= 15 is 0 Å². The van der Waals surface area contributed by atoms with Crippen molar-refractivity contribution in [2.75, 3.05) is 24.3 Å². The number of rotatable bonds is 4. The topological polar surface area (TPSA) is 55.6 Å². The fraction of sp³-hybridized carbons (Fsp3) is 0.562. The summed E-state index contributed by atoms with van der Waals surface area (Å²) in [5, 5.41) is 0. The third-order valence-electron chi connectivity index (χ3n) is 4.02. The molecule has 110 valence electrons. The normalized spacial score (nSPS) is 15.9. The lowest BCUT2D eigenvalue weighted by Crippen LogP contribution is -2.36. The van der Waals surface area contributed by atoms with E-state index in [1.807, 2.05) is 36.9 Å². The Morgan fingerprint density at radius 1 is 1.35 bits per heavy atom. The molecular weight excluding hydrogens is 252 g/mol. The molecule has 0 aromatic heterocycles. The van der Waals surface area contributed by atoms with Crippen LogP contribution in [0.25, 0.3) is 0 Å². The molecule has 20 heavy (non-hydrogen) atoms. The van der Waals surface area contributed by atoms with E-state index in [-0.39, 0.29) is 11.5 Å². The predicted molar refractivity (Wildman–Crippen MR) is 81.9 cm³/mol. The minimum absolute atomic E-state index is 0.195. The summed E-state index contributed by atoms with van der Waals surface area (Å²) < 4.78 is 5.44. The largest absolute Gasteiger partial charge is 0.399 e. The monoisotopic (exact) mass is 276 g/mol. The first kappa shape index (κ1) is 14.9. The first-order valence-electron chi connectivity index (χ1n) is 7.17. The Bertz CT molecular complexity index is 497. The van der Waals surface area contributed by atoms with E-state index in [1.54, 1.807) is 7.11 Å². The SMILES string of the molecule is COC(C)(C)CCN1C(=O)CCCc2cc(N)ccc21. The van der Waals surface area contributed by atoms with E-state index in [0.29, 0.717) is 13.0 Å². The second-order valence-corrected chi connectivity index (χ2v) is 6.00. The Hall–Kier alpha value is -1.55. The van der Waals surface area contributed by atoms with Crippen molar-refractivity contribution < 1.29 is 9.53 Å². The van der Waals surface area contributed by atoms with Crippen LogP contribution in [0.3, 0.4) is 0 Å². The Morgan fingerprint density at radius 3 is 2.80 bits per heavy atom. The lowest BCUT2D eigenvalue weighted by atomic mass is 10.0. The summed E-state index contributed by atoms with van der Waals surface area (Å²) in [4.78, 5) is 14.2. The summed E-state index contributed by atoms with van der Waals surface area (Å²) in [6, 6.07) is 5.82. The van der Waals surface area contributed by atoms with Gasteiger partial charge in [0.2, 0.25) is 5.91 Å². The molecule has 4 heteroatoms. The van der Waals surface area contributed by atoms with Crippen LogP contribution < -0.4 is 10.6 Å². The number of nitrogen functional groups attached to an aromatic ring is 1. The molecule has 0 unspecified atom stereocenters. The first-order chi connectivity index (χ1) is 9.43. The number of hydrogen-bond donors (Lipinski definition) is 1. The minimum atomic E-state index is -0.222. The van der Waals surface area contributed by atoms with E-state index in [0.717, 1.165) is 30.6 Å². The van der Waals surface area contributed by atoms with Gasteiger partial charge in [-0.25, -0.2) is 0 Å². The number of benzene rings is 1. The second-order valence-electron chi connectivity index (χ2n) is 6.00. The fourth-order valence-corrected chi connectivity index (χ4v) is 2.50. The second kappa shape index (κ2) is 5.83. The van der Waals surface area contributed by atoms with Gasteiger partial charge in [-0.3, -0.25) is 4.79 Å². The summed E-state index contributed by atoms with van der Waals surface area (Å²) in [7, 11) is 1.71. The van der Waals surface area contributed by atoms with E-state index in [9.17, 15) is 4.79 Å². The van der Waals surface area contributed by atoms with Gasteiger partial charge in [-0.2, -0.15) is 0 Å². The Balaban J connectivity index is 2.24. The van der Waals surface area contributed by atoms with Gasteiger partial charge in [0.25, 0.3) is 0 Å². The van der Waals surface area contributed by atoms with Crippen molar-refractivity contribution in [1.82, 2.24) is 0 Å². The van der Waals surface area contributed by atoms with Gasteiger partial charge in [0, 0.05) is 31.5 Å². The first-order valence-corrected chi connectivity index (χ1v) is 7.17. The standard InChI is InChI=1S/C16H24N2O2/c1-16(2,20-3)9-10-18-14-8-7-13(17)11-12(14)5-4-6-15(18)19/h7-8,11H,4-6,9-10,17H2,1-3H3. The molecule has 1 aromatic rings. The fourth-order valence-electron chi connectivity index (χ4n) is 2.50. The van der Waals surface area contributed by atoms with Gasteiger partial charge in [0.1, 0.15) is 0 Å². The maximum atomic E-state index is 12.3. The number of methoxy groups -OCH3 is 1. The van der Waals surface area contributed by atoms with Crippen molar-refractivity contribution in [3.63, 3.8) is 0 Å². The van der Waals surface area contributed by atoms with Gasteiger partial charge in [0.15, 0.2) is 0 Å². The van der Waals surface area contributed by atoms with E-state index in [1.165, 1.54) is 5.56 Å². The minimum Gasteiger partial charge on any atom is -0.399 e. The van der Waals surface area contributed by atoms with Crippen molar-refractivity contribution >= 4 is 17.3 Å². The number of amides is 1. The summed E-state index contributed by atoms with van der Waals surface area (Å²) in [6.07, 6.45) is 3.21. The number of hydrogen-bond acceptors (Lipinski definition) is 3. The van der Waals surface area contributed by atoms with Crippen LogP contribution in [-0.4, -0.2) is 25.2 Å². The molecule has 0 radical (unpaired) electrons. The lowest BCUT2D eigenvalue weighted by Gasteiger charge is -2.29. The molecule has 1 aliphatic heterocycles. The van der Waals surface area contributed by atoms with Gasteiger partial charge >= 0.3 is 0 Å². The maximum Gasteiger partial charge on any atom is 0.226 e. The number of aryl methyl sites for hydroxylation is 1. The van der Waals surface area contributed by atoms with Crippen LogP contribution in [0.5, 0.6) is 0 Å². The van der Waals surface area contributed by atoms with Crippen molar-refractivity contribution in [1.29, 1.82) is 0 Å². The molecule has 0 fully saturated rings. The summed E-state index contributed by atoms with van der Waals surface area (Å²) in [6.45, 7) is 4.76. The van der Waals surface area contributed by atoms with Crippen molar-refractivity contribution in [2.45, 2.75) is 45.1 Å². The highest BCUT2D eigenvalue weighted by atomic mass is 16.5. The van der Waals surface area contributed by atoms with Gasteiger partial charge in [-0.1, -0.05) is 0 Å². The van der Waals surface area contributed by atoms with Crippen LogP contribution in [0.15, 0.2) is 18.2 Å². The van der Waals surface area contributed by atoms with E-state index in [4.69, 9.17) is 10.5 Å². The van der Waals surface area contributed by atoms with Crippen LogP contribution in [0.4, 0.5) is 11.4 Å². The maximum absolute atomic E-state index is 12.3. The number of anilines is 2. The highest BCUT2D eigenvalue weighted by Crippen LogP contribution is 2.29. The molecular formula is C16H24N2O2. The Kier molecular flexibility index (Phi) is 4.33. The number of nitrogens with two attached hydrogens (primary N) is 1. The predicted octanol–water partition coefficient (Wildman–Crippen LogP) is 2.75. The van der Waals surface area contributed by atoms with E-state index < -0.39 is 0 Å². The lowest BCUT2D eigenvalue weighted by molar-refractivity contribution is -0.118. The van der Waals surface area contributed by atoms with Crippen molar-refractivity contribution in [2.24, 2.45) is 0 Å². The number of carbonyl (C=O) groups is 1. The highest BCUT2D eigenvalue weighted by Gasteiger charge is 2.25. The van der Waals surface area contributed by atoms with E-state index in [2.05, 4.69) is 0 Å². The van der Waals surface area contributed by atoms with Crippen LogP contribution in [0, 0.1) is 0 Å². The molecule has 4 nitrogen and oxygen atoms in total. The summed E-state index contributed by atoms with van der Waals surface area (Å²) in [5.74, 6) is 0.195. The number of ether oxygens (including phenoxy) is 1. The van der Waals surface area contributed by atoms with Crippen LogP contribution >= 0.6 is 0 Å². The molecule has 0 saturated heterocycles. The molecule has 1 amide bonds. The number of fused-ring (bicyclic) bond motifs is 1. The van der Waals surface area contributed by atoms with Gasteiger partial charge in [0.05, 0.1) is 5.60 Å². The molecule has 0 atom stereocenters. The average molecular weight is 276 g/mol. The Labute approximate surface area is 120 Å². The molecule has 0 bridgehead atoms. The highest BCUT2D eigenvalue weighted by molar-refractivity contribution is 5.95. The third kappa shape index (κ3) is 3.31. The zero-order valence-corrected chi connectivity index (χ0v) is 12.6. The smallest absolute Gasteiger partial charge is 0.226 e. The molecule has 2 N–H and O–H groups in total. The number of carbonyl (C=O) groups excluding carboxylic acids is 1. The average Bonchev–Trinajstić information content (AvgIpc) is 2.55. The van der Waals surface area contributed by atoms with Crippen molar-refractivity contribution in [3.05, 3.63) is 23.8 Å². The zero-order valence-electron chi connectivity index (χ0n) is 12.6. The van der Waals surface area contributed by atoms with Crippen LogP contribution in [-0.2, 0) is 16.0 Å². The number of nitrogens with zero attached hydrogens (tertiary/aromatic N) is 1. The summed E-state index contributed by atoms with van der Waals surface area (Å²) >= 11 is 0. The molecule has 1 aromatic carbocycles. The molecule has 0 aliphatic carbocycles. The molecule has 0 saturated carbocycles. The summed E-state index contributed by atoms with van der Waals surface area (Å²) in [5.41, 5.74) is 8.57. The quantitative estimate of drug-likeness (QED) is 0.860. The van der Waals surface area contributed by atoms with Crippen LogP contribution in [0.2, 0.25) is 0 Å². The molecule has 1 heterocycles. The van der Waals surface area contributed by atoms with Gasteiger partial charge < -0.3 is 15.4 Å². The van der Waals surface area contributed by atoms with Crippen LogP contribution in [0.1, 0.15) is 38.7 Å². The Morgan fingerprint density at radius 2 is 2.10 bits per heavy atom. The zero-order chi connectivity index (χ0) is 14.8. The van der Waals surface area contributed by atoms with Gasteiger partial charge in [-0.15, -0.1) is 0 Å². The molecule has 0 spiro atoms. The van der Waals surface area contributed by atoms with Gasteiger partial charge in [-0.05, 0) is 56.9 Å².